The molecule has 1 spiro atoms. The van der Waals surface area contributed by atoms with Gasteiger partial charge >= 0.3 is 0 Å². The molecular formula is C21H29ClN2O2. The Morgan fingerprint density at radius 1 is 1.19 bits per heavy atom. The maximum Gasteiger partial charge on any atom is 0.253 e. The lowest BCUT2D eigenvalue weighted by molar-refractivity contribution is -0.128. The van der Waals surface area contributed by atoms with E-state index in [0.717, 1.165) is 12.0 Å². The predicted octanol–water partition coefficient (Wildman–Crippen LogP) is 4.45. The van der Waals surface area contributed by atoms with Crippen molar-refractivity contribution in [1.29, 1.82) is 0 Å². The highest BCUT2D eigenvalue weighted by Gasteiger charge is 2.54. The molecular weight excluding hydrogens is 348 g/mol. The highest BCUT2D eigenvalue weighted by molar-refractivity contribution is 6.33. The Labute approximate surface area is 161 Å². The zero-order valence-electron chi connectivity index (χ0n) is 16.0. The zero-order chi connectivity index (χ0) is 18.9. The summed E-state index contributed by atoms with van der Waals surface area (Å²) in [7, 11) is 0. The fourth-order valence-electron chi connectivity index (χ4n) is 3.90. The third-order valence-corrected chi connectivity index (χ3v) is 6.08. The molecule has 0 aromatic heterocycles. The average molecular weight is 377 g/mol. The minimum atomic E-state index is -0.438. The van der Waals surface area contributed by atoms with Crippen molar-refractivity contribution in [1.82, 2.24) is 10.6 Å². The number of benzene rings is 1. The first-order chi connectivity index (χ1) is 12.2. The van der Waals surface area contributed by atoms with E-state index in [4.69, 9.17) is 11.6 Å². The summed E-state index contributed by atoms with van der Waals surface area (Å²) in [6.07, 6.45) is 7.41. The van der Waals surface area contributed by atoms with Crippen molar-refractivity contribution in [2.75, 3.05) is 0 Å². The number of hydrogen-bond donors (Lipinski definition) is 2. The van der Waals surface area contributed by atoms with Crippen LogP contribution in [-0.4, -0.2) is 17.9 Å². The molecule has 1 aromatic carbocycles. The van der Waals surface area contributed by atoms with Crippen molar-refractivity contribution in [2.45, 2.75) is 71.9 Å². The van der Waals surface area contributed by atoms with Crippen LogP contribution in [0.1, 0.15) is 75.2 Å². The molecule has 4 nitrogen and oxygen atoms in total. The second-order valence-corrected chi connectivity index (χ2v) is 9.31. The van der Waals surface area contributed by atoms with Gasteiger partial charge in [0.25, 0.3) is 5.91 Å². The van der Waals surface area contributed by atoms with Crippen molar-refractivity contribution in [3.8, 4) is 0 Å². The van der Waals surface area contributed by atoms with Gasteiger partial charge in [-0.25, -0.2) is 0 Å². The second kappa shape index (κ2) is 7.22. The molecule has 5 heteroatoms. The van der Waals surface area contributed by atoms with Gasteiger partial charge in [-0.15, -0.1) is 0 Å². The van der Waals surface area contributed by atoms with E-state index in [0.29, 0.717) is 22.5 Å². The van der Waals surface area contributed by atoms with Crippen LogP contribution in [0.25, 0.3) is 0 Å². The van der Waals surface area contributed by atoms with E-state index in [1.54, 1.807) is 12.1 Å². The van der Waals surface area contributed by atoms with Gasteiger partial charge in [-0.2, -0.15) is 0 Å². The van der Waals surface area contributed by atoms with Crippen LogP contribution in [0.3, 0.4) is 0 Å². The molecule has 0 saturated heterocycles. The number of amides is 2. The van der Waals surface area contributed by atoms with Gasteiger partial charge in [0.15, 0.2) is 0 Å². The van der Waals surface area contributed by atoms with Gasteiger partial charge in [0.05, 0.1) is 10.6 Å². The number of hydrogen-bond acceptors (Lipinski definition) is 2. The second-order valence-electron chi connectivity index (χ2n) is 8.90. The molecule has 2 saturated carbocycles. The minimum Gasteiger partial charge on any atom is -0.352 e. The summed E-state index contributed by atoms with van der Waals surface area (Å²) in [5.74, 6) is -0.123. The van der Waals surface area contributed by atoms with Gasteiger partial charge in [0.2, 0.25) is 5.91 Å². The summed E-state index contributed by atoms with van der Waals surface area (Å²) in [5.41, 5.74) is 1.28. The molecule has 0 bridgehead atoms. The van der Waals surface area contributed by atoms with Crippen LogP contribution in [0.15, 0.2) is 18.2 Å². The Kier molecular flexibility index (Phi) is 5.34. The molecule has 1 atom stereocenters. The van der Waals surface area contributed by atoms with Gasteiger partial charge in [-0.05, 0) is 42.4 Å². The molecule has 2 fully saturated rings. The third kappa shape index (κ3) is 4.22. The topological polar surface area (TPSA) is 58.2 Å². The number of halogens is 1. The van der Waals surface area contributed by atoms with Gasteiger partial charge in [-0.1, -0.05) is 57.7 Å². The molecule has 26 heavy (non-hydrogen) atoms. The molecule has 2 aliphatic carbocycles. The maximum absolute atomic E-state index is 12.7. The Balaban J connectivity index is 1.62. The van der Waals surface area contributed by atoms with E-state index in [9.17, 15) is 9.59 Å². The lowest BCUT2D eigenvalue weighted by Crippen LogP contribution is -2.34. The molecule has 0 aliphatic heterocycles. The lowest BCUT2D eigenvalue weighted by Gasteiger charge is -2.22. The number of carbonyl (C=O) groups is 2. The lowest BCUT2D eigenvalue weighted by atomic mass is 9.86. The quantitative estimate of drug-likeness (QED) is 0.815. The maximum atomic E-state index is 12.7. The van der Waals surface area contributed by atoms with Gasteiger partial charge < -0.3 is 10.6 Å². The largest absolute Gasteiger partial charge is 0.352 e. The van der Waals surface area contributed by atoms with Crippen molar-refractivity contribution in [2.24, 2.45) is 10.8 Å². The molecule has 142 valence electrons. The summed E-state index contributed by atoms with van der Waals surface area (Å²) >= 11 is 6.26. The van der Waals surface area contributed by atoms with Crippen LogP contribution in [0.5, 0.6) is 0 Å². The summed E-state index contributed by atoms with van der Waals surface area (Å²) < 4.78 is 0. The normalized spacial score (nSPS) is 21.3. The van der Waals surface area contributed by atoms with Gasteiger partial charge in [0.1, 0.15) is 0 Å². The van der Waals surface area contributed by atoms with Crippen LogP contribution in [0.2, 0.25) is 5.02 Å². The van der Waals surface area contributed by atoms with E-state index < -0.39 is 5.41 Å². The molecule has 3 rings (SSSR count). The SMILES string of the molecule is CC(C)(C)C(=O)NCc1ccc(Cl)c(C(=O)NC2CC23CCCCC3)c1. The van der Waals surface area contributed by atoms with Crippen molar-refractivity contribution in [3.05, 3.63) is 34.3 Å². The van der Waals surface area contributed by atoms with Crippen molar-refractivity contribution >= 4 is 23.4 Å². The van der Waals surface area contributed by atoms with E-state index in [1.165, 1.54) is 32.1 Å². The molecule has 0 heterocycles. The fourth-order valence-corrected chi connectivity index (χ4v) is 4.10. The van der Waals surface area contributed by atoms with E-state index in [2.05, 4.69) is 10.6 Å². The molecule has 2 amide bonds. The highest BCUT2D eigenvalue weighted by atomic mass is 35.5. The van der Waals surface area contributed by atoms with Crippen LogP contribution in [0, 0.1) is 10.8 Å². The highest BCUT2D eigenvalue weighted by Crippen LogP contribution is 2.56. The summed E-state index contributed by atoms with van der Waals surface area (Å²) in [5, 5.41) is 6.54. The molecule has 2 N–H and O–H groups in total. The van der Waals surface area contributed by atoms with Crippen LogP contribution < -0.4 is 10.6 Å². The average Bonchev–Trinajstić information content (AvgIpc) is 3.23. The predicted molar refractivity (Wildman–Crippen MR) is 104 cm³/mol. The first kappa shape index (κ1) is 19.2. The first-order valence-electron chi connectivity index (χ1n) is 9.59. The molecule has 2 aliphatic rings. The Morgan fingerprint density at radius 2 is 1.88 bits per heavy atom. The Hall–Kier alpha value is -1.55. The zero-order valence-corrected chi connectivity index (χ0v) is 16.7. The van der Waals surface area contributed by atoms with Crippen molar-refractivity contribution in [3.63, 3.8) is 0 Å². The van der Waals surface area contributed by atoms with Crippen LogP contribution in [0.4, 0.5) is 0 Å². The number of carbonyl (C=O) groups excluding carboxylic acids is 2. The van der Waals surface area contributed by atoms with E-state index in [1.807, 2.05) is 26.8 Å². The smallest absolute Gasteiger partial charge is 0.253 e. The first-order valence-corrected chi connectivity index (χ1v) is 9.97. The van der Waals surface area contributed by atoms with Crippen LogP contribution in [-0.2, 0) is 11.3 Å². The van der Waals surface area contributed by atoms with E-state index >= 15 is 0 Å². The summed E-state index contributed by atoms with van der Waals surface area (Å²) in [6.45, 7) is 6.01. The number of rotatable bonds is 4. The molecule has 1 unspecified atom stereocenters. The Morgan fingerprint density at radius 3 is 2.54 bits per heavy atom. The van der Waals surface area contributed by atoms with Crippen molar-refractivity contribution < 1.29 is 9.59 Å². The monoisotopic (exact) mass is 376 g/mol. The minimum absolute atomic E-state index is 0.0179. The number of nitrogens with one attached hydrogen (secondary N) is 2. The third-order valence-electron chi connectivity index (χ3n) is 5.75. The summed E-state index contributed by atoms with van der Waals surface area (Å²) in [4.78, 5) is 24.7. The molecule has 1 aromatic rings. The van der Waals surface area contributed by atoms with E-state index in [-0.39, 0.29) is 17.9 Å². The molecule has 0 radical (unpaired) electrons. The Bertz CT molecular complexity index is 702. The van der Waals surface area contributed by atoms with Crippen LogP contribution >= 0.6 is 11.6 Å². The van der Waals surface area contributed by atoms with Gasteiger partial charge in [-0.3, -0.25) is 9.59 Å². The fraction of sp³-hybridized carbons (Fsp3) is 0.619. The standard InChI is InChI=1S/C21H29ClN2O2/c1-20(2,3)19(26)23-13-14-7-8-16(22)15(11-14)18(25)24-17-12-21(17)9-5-4-6-10-21/h7-8,11,17H,4-6,9-10,12-13H2,1-3H3,(H,23,26)(H,24,25). The van der Waals surface area contributed by atoms with Gasteiger partial charge in [0, 0.05) is 18.0 Å². The summed E-state index contributed by atoms with van der Waals surface area (Å²) in [6, 6.07) is 5.66.